The van der Waals surface area contributed by atoms with Crippen LogP contribution < -0.4 is 11.1 Å². The number of carbonyl (C=O) groups is 1. The fourth-order valence-electron chi connectivity index (χ4n) is 1.82. The van der Waals surface area contributed by atoms with Crippen LogP contribution in [-0.2, 0) is 24.3 Å². The summed E-state index contributed by atoms with van der Waals surface area (Å²) < 4.78 is 2.03. The Morgan fingerprint density at radius 3 is 3.05 bits per heavy atom. The summed E-state index contributed by atoms with van der Waals surface area (Å²) in [5, 5.41) is 5.67. The van der Waals surface area contributed by atoms with Gasteiger partial charge in [0.25, 0.3) is 0 Å². The van der Waals surface area contributed by atoms with Crippen molar-refractivity contribution in [2.45, 2.75) is 32.4 Å². The molecular formula is C13H19N5OS. The molecule has 108 valence electrons. The minimum Gasteiger partial charge on any atom is -0.356 e. The van der Waals surface area contributed by atoms with E-state index in [9.17, 15) is 4.79 Å². The average molecular weight is 293 g/mol. The number of aryl methyl sites for hydroxylation is 1. The maximum absolute atomic E-state index is 11.7. The van der Waals surface area contributed by atoms with Crippen molar-refractivity contribution in [1.82, 2.24) is 19.9 Å². The van der Waals surface area contributed by atoms with Crippen LogP contribution in [0.1, 0.15) is 23.5 Å². The summed E-state index contributed by atoms with van der Waals surface area (Å²) >= 11 is 1.50. The molecule has 1 amide bonds. The second-order valence-electron chi connectivity index (χ2n) is 4.47. The highest BCUT2D eigenvalue weighted by molar-refractivity contribution is 7.09. The van der Waals surface area contributed by atoms with E-state index in [1.165, 1.54) is 11.3 Å². The molecule has 0 atom stereocenters. The summed E-state index contributed by atoms with van der Waals surface area (Å²) in [6.07, 6.45) is 7.81. The summed E-state index contributed by atoms with van der Waals surface area (Å²) in [7, 11) is 0. The van der Waals surface area contributed by atoms with Gasteiger partial charge in [0.2, 0.25) is 5.91 Å². The first-order chi connectivity index (χ1) is 9.78. The fourth-order valence-corrected chi connectivity index (χ4v) is 2.49. The zero-order valence-corrected chi connectivity index (χ0v) is 12.1. The van der Waals surface area contributed by atoms with Crippen molar-refractivity contribution >= 4 is 17.2 Å². The number of hydrogen-bond acceptors (Lipinski definition) is 5. The van der Waals surface area contributed by atoms with E-state index < -0.39 is 0 Å². The number of amides is 1. The van der Waals surface area contributed by atoms with Crippen LogP contribution in [0.2, 0.25) is 0 Å². The number of carbonyl (C=O) groups excluding carboxylic acids is 1. The Labute approximate surface area is 122 Å². The van der Waals surface area contributed by atoms with Crippen LogP contribution in [0.25, 0.3) is 0 Å². The Hall–Kier alpha value is -1.73. The van der Waals surface area contributed by atoms with Gasteiger partial charge in [0.1, 0.15) is 5.01 Å². The van der Waals surface area contributed by atoms with E-state index in [4.69, 9.17) is 5.73 Å². The first-order valence-corrected chi connectivity index (χ1v) is 7.51. The lowest BCUT2D eigenvalue weighted by atomic mass is 10.3. The summed E-state index contributed by atoms with van der Waals surface area (Å²) in [4.78, 5) is 20.0. The van der Waals surface area contributed by atoms with Gasteiger partial charge in [0.15, 0.2) is 0 Å². The number of imidazole rings is 1. The topological polar surface area (TPSA) is 85.8 Å². The highest BCUT2D eigenvalue weighted by Crippen LogP contribution is 2.09. The molecule has 7 heteroatoms. The van der Waals surface area contributed by atoms with E-state index in [0.717, 1.165) is 30.1 Å². The van der Waals surface area contributed by atoms with Crippen molar-refractivity contribution in [2.75, 3.05) is 6.54 Å². The smallest absolute Gasteiger partial charge is 0.226 e. The number of rotatable bonds is 8. The third-order valence-corrected chi connectivity index (χ3v) is 3.76. The van der Waals surface area contributed by atoms with Crippen molar-refractivity contribution in [3.05, 3.63) is 34.8 Å². The first-order valence-electron chi connectivity index (χ1n) is 6.63. The van der Waals surface area contributed by atoms with Crippen LogP contribution in [0.3, 0.4) is 0 Å². The number of hydrogen-bond donors (Lipinski definition) is 2. The Morgan fingerprint density at radius 1 is 1.45 bits per heavy atom. The summed E-state index contributed by atoms with van der Waals surface area (Å²) in [6.45, 7) is 2.06. The summed E-state index contributed by atoms with van der Waals surface area (Å²) in [6, 6.07) is 0. The standard InChI is InChI=1S/C13H19N5OS/c14-8-13-17-11(9-20-13)7-12(19)16-3-1-2-5-18-6-4-15-10-18/h4,6,9-10H,1-3,5,7-8,14H2,(H,16,19). The molecular weight excluding hydrogens is 274 g/mol. The molecule has 6 nitrogen and oxygen atoms in total. The van der Waals surface area contributed by atoms with E-state index in [1.807, 2.05) is 16.1 Å². The van der Waals surface area contributed by atoms with Crippen LogP contribution >= 0.6 is 11.3 Å². The first kappa shape index (κ1) is 14.7. The zero-order chi connectivity index (χ0) is 14.2. The Morgan fingerprint density at radius 2 is 2.35 bits per heavy atom. The molecule has 3 N–H and O–H groups in total. The van der Waals surface area contributed by atoms with E-state index in [0.29, 0.717) is 19.5 Å². The summed E-state index contributed by atoms with van der Waals surface area (Å²) in [5.41, 5.74) is 6.29. The molecule has 2 aromatic rings. The molecule has 0 radical (unpaired) electrons. The van der Waals surface area contributed by atoms with Gasteiger partial charge >= 0.3 is 0 Å². The normalized spacial score (nSPS) is 10.7. The molecule has 0 spiro atoms. The Kier molecular flexibility index (Phi) is 5.69. The minimum atomic E-state index is 0.0153. The predicted molar refractivity (Wildman–Crippen MR) is 78.2 cm³/mol. The molecule has 0 aliphatic carbocycles. The SMILES string of the molecule is NCc1nc(CC(=O)NCCCCn2ccnc2)cs1. The maximum atomic E-state index is 11.7. The highest BCUT2D eigenvalue weighted by Gasteiger charge is 2.06. The van der Waals surface area contributed by atoms with Gasteiger partial charge in [0, 0.05) is 37.4 Å². The lowest BCUT2D eigenvalue weighted by molar-refractivity contribution is -0.120. The van der Waals surface area contributed by atoms with E-state index in [-0.39, 0.29) is 5.91 Å². The number of nitrogens with two attached hydrogens (primary N) is 1. The Balaban J connectivity index is 1.58. The lowest BCUT2D eigenvalue weighted by Crippen LogP contribution is -2.26. The van der Waals surface area contributed by atoms with Crippen molar-refractivity contribution < 1.29 is 4.79 Å². The molecule has 0 aliphatic rings. The minimum absolute atomic E-state index is 0.0153. The Bertz CT molecular complexity index is 523. The van der Waals surface area contributed by atoms with Gasteiger partial charge in [-0.15, -0.1) is 11.3 Å². The fraction of sp³-hybridized carbons (Fsp3) is 0.462. The monoisotopic (exact) mass is 293 g/mol. The third-order valence-electron chi connectivity index (χ3n) is 2.84. The predicted octanol–water partition coefficient (Wildman–Crippen LogP) is 0.937. The molecule has 0 aromatic carbocycles. The van der Waals surface area contributed by atoms with Crippen molar-refractivity contribution in [2.24, 2.45) is 5.73 Å². The van der Waals surface area contributed by atoms with E-state index in [1.54, 1.807) is 12.5 Å². The van der Waals surface area contributed by atoms with Gasteiger partial charge in [-0.3, -0.25) is 4.79 Å². The van der Waals surface area contributed by atoms with Gasteiger partial charge in [-0.2, -0.15) is 0 Å². The number of aromatic nitrogens is 3. The van der Waals surface area contributed by atoms with Gasteiger partial charge in [-0.1, -0.05) is 0 Å². The molecule has 2 heterocycles. The van der Waals surface area contributed by atoms with Gasteiger partial charge in [0.05, 0.1) is 18.4 Å². The van der Waals surface area contributed by atoms with Crippen LogP contribution in [0.15, 0.2) is 24.1 Å². The van der Waals surface area contributed by atoms with Crippen molar-refractivity contribution in [3.63, 3.8) is 0 Å². The van der Waals surface area contributed by atoms with Crippen LogP contribution in [0.5, 0.6) is 0 Å². The molecule has 0 saturated carbocycles. The largest absolute Gasteiger partial charge is 0.356 e. The lowest BCUT2D eigenvalue weighted by Gasteiger charge is -2.04. The van der Waals surface area contributed by atoms with Gasteiger partial charge < -0.3 is 15.6 Å². The number of unbranched alkanes of at least 4 members (excludes halogenated alkanes) is 1. The molecule has 0 fully saturated rings. The van der Waals surface area contributed by atoms with E-state index in [2.05, 4.69) is 15.3 Å². The molecule has 0 aliphatic heterocycles. The second-order valence-corrected chi connectivity index (χ2v) is 5.41. The molecule has 2 rings (SSSR count). The zero-order valence-electron chi connectivity index (χ0n) is 11.3. The molecule has 0 bridgehead atoms. The van der Waals surface area contributed by atoms with Crippen molar-refractivity contribution in [3.8, 4) is 0 Å². The van der Waals surface area contributed by atoms with Crippen LogP contribution in [-0.4, -0.2) is 27.0 Å². The number of nitrogens with zero attached hydrogens (tertiary/aromatic N) is 3. The van der Waals surface area contributed by atoms with Gasteiger partial charge in [-0.05, 0) is 12.8 Å². The molecule has 2 aromatic heterocycles. The summed E-state index contributed by atoms with van der Waals surface area (Å²) in [5.74, 6) is 0.0153. The number of nitrogens with one attached hydrogen (secondary N) is 1. The van der Waals surface area contributed by atoms with Gasteiger partial charge in [-0.25, -0.2) is 9.97 Å². The second kappa shape index (κ2) is 7.76. The highest BCUT2D eigenvalue weighted by atomic mass is 32.1. The third kappa shape index (κ3) is 4.75. The quantitative estimate of drug-likeness (QED) is 0.709. The molecule has 0 unspecified atom stereocenters. The molecule has 0 saturated heterocycles. The van der Waals surface area contributed by atoms with Crippen molar-refractivity contribution in [1.29, 1.82) is 0 Å². The van der Waals surface area contributed by atoms with E-state index >= 15 is 0 Å². The molecule has 20 heavy (non-hydrogen) atoms. The van der Waals surface area contributed by atoms with Crippen LogP contribution in [0, 0.1) is 0 Å². The average Bonchev–Trinajstić information content (AvgIpc) is 3.09. The number of thiazole rings is 1. The van der Waals surface area contributed by atoms with Crippen LogP contribution in [0.4, 0.5) is 0 Å². The maximum Gasteiger partial charge on any atom is 0.226 e.